The summed E-state index contributed by atoms with van der Waals surface area (Å²) in [6.45, 7) is 9.70. The minimum Gasteiger partial charge on any atom is -0.378 e. The molecule has 0 bridgehead atoms. The molecule has 1 aromatic carbocycles. The van der Waals surface area contributed by atoms with Gasteiger partial charge in [0.2, 0.25) is 0 Å². The summed E-state index contributed by atoms with van der Waals surface area (Å²) in [5.41, 5.74) is 2.94. The van der Waals surface area contributed by atoms with Crippen molar-refractivity contribution < 1.29 is 9.50 Å². The second kappa shape index (κ2) is 10.00. The molecule has 1 aliphatic carbocycles. The highest BCUT2D eigenvalue weighted by Gasteiger charge is 2.33. The number of benzene rings is 1. The fourth-order valence-corrected chi connectivity index (χ4v) is 5.03. The van der Waals surface area contributed by atoms with E-state index in [1.54, 1.807) is 18.5 Å². The third kappa shape index (κ3) is 4.91. The molecular formula is C24H33ClFN5O. The lowest BCUT2D eigenvalue weighted by molar-refractivity contribution is -0.0209. The topological polar surface area (TPSA) is 64.5 Å². The molecule has 174 valence electrons. The van der Waals surface area contributed by atoms with Gasteiger partial charge in [0.05, 0.1) is 0 Å². The summed E-state index contributed by atoms with van der Waals surface area (Å²) in [7, 11) is 0. The second-order valence-electron chi connectivity index (χ2n) is 9.27. The summed E-state index contributed by atoms with van der Waals surface area (Å²) in [6.07, 6.45) is 3.01. The predicted octanol–water partition coefficient (Wildman–Crippen LogP) is 3.54. The van der Waals surface area contributed by atoms with E-state index in [1.807, 2.05) is 18.7 Å². The van der Waals surface area contributed by atoms with Crippen LogP contribution >= 0.6 is 11.6 Å². The predicted molar refractivity (Wildman–Crippen MR) is 126 cm³/mol. The number of fused-ring (bicyclic) bond motifs is 1. The number of nitrogens with one attached hydrogen (secondary N) is 1. The first-order valence-corrected chi connectivity index (χ1v) is 11.9. The molecule has 6 nitrogen and oxygen atoms in total. The van der Waals surface area contributed by atoms with E-state index >= 15 is 0 Å². The van der Waals surface area contributed by atoms with E-state index in [0.717, 1.165) is 31.7 Å². The van der Waals surface area contributed by atoms with Crippen molar-refractivity contribution in [3.8, 4) is 0 Å². The van der Waals surface area contributed by atoms with Gasteiger partial charge in [-0.05, 0) is 36.5 Å². The largest absolute Gasteiger partial charge is 0.378 e. The molecular weight excluding hydrogens is 429 g/mol. The first kappa shape index (κ1) is 23.4. The fraction of sp³-hybridized carbons (Fsp3) is 0.583. The zero-order valence-corrected chi connectivity index (χ0v) is 19.8. The Morgan fingerprint density at radius 1 is 1.22 bits per heavy atom. The van der Waals surface area contributed by atoms with Crippen molar-refractivity contribution in [1.29, 1.82) is 0 Å². The summed E-state index contributed by atoms with van der Waals surface area (Å²) in [5.74, 6) is 0.737. The zero-order valence-electron chi connectivity index (χ0n) is 19.1. The van der Waals surface area contributed by atoms with Gasteiger partial charge in [-0.1, -0.05) is 38.4 Å². The normalized spacial score (nSPS) is 21.1. The number of hydrogen-bond donors (Lipinski definition) is 2. The first-order valence-electron chi connectivity index (χ1n) is 11.5. The van der Waals surface area contributed by atoms with E-state index in [-0.39, 0.29) is 11.9 Å². The molecule has 8 heteroatoms. The molecule has 0 spiro atoms. The van der Waals surface area contributed by atoms with E-state index in [0.29, 0.717) is 36.1 Å². The second-order valence-corrected chi connectivity index (χ2v) is 9.71. The first-order chi connectivity index (χ1) is 15.3. The highest BCUT2D eigenvalue weighted by Crippen LogP contribution is 2.37. The van der Waals surface area contributed by atoms with Gasteiger partial charge in [0.1, 0.15) is 24.2 Å². The molecule has 4 rings (SSSR count). The number of hydrogen-bond acceptors (Lipinski definition) is 6. The molecule has 1 fully saturated rings. The van der Waals surface area contributed by atoms with Crippen molar-refractivity contribution >= 4 is 17.4 Å². The van der Waals surface area contributed by atoms with Gasteiger partial charge in [-0.2, -0.15) is 0 Å². The van der Waals surface area contributed by atoms with Gasteiger partial charge in [0, 0.05) is 61.0 Å². The van der Waals surface area contributed by atoms with Gasteiger partial charge in [-0.3, -0.25) is 4.90 Å². The zero-order chi connectivity index (χ0) is 22.8. The Labute approximate surface area is 194 Å². The van der Waals surface area contributed by atoms with Gasteiger partial charge >= 0.3 is 0 Å². The molecule has 2 aromatic rings. The van der Waals surface area contributed by atoms with Gasteiger partial charge < -0.3 is 15.3 Å². The monoisotopic (exact) mass is 461 g/mol. The lowest BCUT2D eigenvalue weighted by atomic mass is 9.95. The van der Waals surface area contributed by atoms with Crippen LogP contribution < -0.4 is 10.2 Å². The van der Waals surface area contributed by atoms with Crippen LogP contribution in [-0.4, -0.2) is 65.0 Å². The number of aliphatic hydroxyl groups excluding tert-OH is 1. The quantitative estimate of drug-likeness (QED) is 0.657. The summed E-state index contributed by atoms with van der Waals surface area (Å²) in [4.78, 5) is 13.4. The standard InChI is InChI=1S/C24H33ClFN5O/c1-15(2)27-13-19(18-6-5-17(25)12-20(18)26)24(32)31-10-8-30(9-11-31)23-22-16(3)4-7-21(22)28-14-29-23/h5-6,12,14-16,19,24,27,32H,4,7-11,13H2,1-3H3/t16-,19-,24?/m1/s1. The van der Waals surface area contributed by atoms with Gasteiger partial charge in [-0.15, -0.1) is 0 Å². The number of aryl methyl sites for hydroxylation is 1. The number of aromatic nitrogens is 2. The lowest BCUT2D eigenvalue weighted by Gasteiger charge is -2.41. The molecule has 1 saturated heterocycles. The molecule has 0 amide bonds. The number of halogens is 2. The third-order valence-corrected chi connectivity index (χ3v) is 6.94. The Morgan fingerprint density at radius 3 is 2.66 bits per heavy atom. The molecule has 0 saturated carbocycles. The minimum absolute atomic E-state index is 0.235. The Balaban J connectivity index is 1.48. The third-order valence-electron chi connectivity index (χ3n) is 6.71. The van der Waals surface area contributed by atoms with Gasteiger partial charge in [0.25, 0.3) is 0 Å². The van der Waals surface area contributed by atoms with Crippen LogP contribution in [0.25, 0.3) is 0 Å². The highest BCUT2D eigenvalue weighted by molar-refractivity contribution is 6.30. The molecule has 1 aromatic heterocycles. The van der Waals surface area contributed by atoms with Crippen molar-refractivity contribution in [2.45, 2.75) is 57.7 Å². The van der Waals surface area contributed by atoms with Crippen LogP contribution in [0.5, 0.6) is 0 Å². The maximum Gasteiger partial charge on any atom is 0.135 e. The van der Waals surface area contributed by atoms with Crippen molar-refractivity contribution in [2.24, 2.45) is 0 Å². The lowest BCUT2D eigenvalue weighted by Crippen LogP contribution is -2.53. The number of rotatable bonds is 7. The van der Waals surface area contributed by atoms with E-state index < -0.39 is 12.1 Å². The van der Waals surface area contributed by atoms with Crippen molar-refractivity contribution in [2.75, 3.05) is 37.6 Å². The maximum atomic E-state index is 14.7. The van der Waals surface area contributed by atoms with E-state index in [4.69, 9.17) is 11.6 Å². The Kier molecular flexibility index (Phi) is 7.30. The minimum atomic E-state index is -0.797. The average molecular weight is 462 g/mol. The highest BCUT2D eigenvalue weighted by atomic mass is 35.5. The van der Waals surface area contributed by atoms with E-state index in [2.05, 4.69) is 27.1 Å². The van der Waals surface area contributed by atoms with Crippen LogP contribution in [-0.2, 0) is 6.42 Å². The van der Waals surface area contributed by atoms with Crippen LogP contribution in [0.3, 0.4) is 0 Å². The smallest absolute Gasteiger partial charge is 0.135 e. The van der Waals surface area contributed by atoms with E-state index in [9.17, 15) is 9.50 Å². The molecule has 0 radical (unpaired) electrons. The molecule has 1 aliphatic heterocycles. The Hall–Kier alpha value is -1.80. The average Bonchev–Trinajstić information content (AvgIpc) is 3.16. The van der Waals surface area contributed by atoms with Crippen LogP contribution in [0.1, 0.15) is 55.8 Å². The number of nitrogens with zero attached hydrogens (tertiary/aromatic N) is 4. The summed E-state index contributed by atoms with van der Waals surface area (Å²) in [5, 5.41) is 15.0. The summed E-state index contributed by atoms with van der Waals surface area (Å²) < 4.78 is 14.7. The van der Waals surface area contributed by atoms with E-state index in [1.165, 1.54) is 17.3 Å². The maximum absolute atomic E-state index is 14.7. The number of anilines is 1. The van der Waals surface area contributed by atoms with Crippen molar-refractivity contribution in [3.63, 3.8) is 0 Å². The molecule has 1 unspecified atom stereocenters. The molecule has 2 heterocycles. The van der Waals surface area contributed by atoms with Crippen molar-refractivity contribution in [3.05, 3.63) is 52.2 Å². The van der Waals surface area contributed by atoms with Crippen molar-refractivity contribution in [1.82, 2.24) is 20.2 Å². The van der Waals surface area contributed by atoms with Gasteiger partial charge in [-0.25, -0.2) is 14.4 Å². The Bertz CT molecular complexity index is 935. The van der Waals surface area contributed by atoms with Crippen LogP contribution in [0.15, 0.2) is 24.5 Å². The number of piperazine rings is 1. The van der Waals surface area contributed by atoms with Crippen LogP contribution in [0.2, 0.25) is 5.02 Å². The fourth-order valence-electron chi connectivity index (χ4n) is 4.87. The Morgan fingerprint density at radius 2 is 1.97 bits per heavy atom. The summed E-state index contributed by atoms with van der Waals surface area (Å²) >= 11 is 5.96. The van der Waals surface area contributed by atoms with Gasteiger partial charge in [0.15, 0.2) is 0 Å². The SMILES string of the molecule is CC(C)NC[C@H](c1ccc(Cl)cc1F)C(O)N1CCN(c2ncnc3c2[C@H](C)CC3)CC1. The number of aliphatic hydroxyl groups is 1. The summed E-state index contributed by atoms with van der Waals surface area (Å²) in [6, 6.07) is 4.93. The molecule has 2 N–H and O–H groups in total. The van der Waals surface area contributed by atoms with Crippen LogP contribution in [0.4, 0.5) is 10.2 Å². The molecule has 2 aliphatic rings. The van der Waals surface area contributed by atoms with Crippen LogP contribution in [0, 0.1) is 5.82 Å². The molecule has 3 atom stereocenters. The molecule has 32 heavy (non-hydrogen) atoms.